The fourth-order valence-electron chi connectivity index (χ4n) is 7.88. The number of methoxy groups -OCH3 is 2. The standard InChI is InChI=1S/C39H46ClN7O6/c1-44-22-29(27-20-41-21-28(27)39(44)51)25-17-34(52-2)30(35(18-25)53-3)23-45-12-14-47(15-13-45)37(49)16-24-8-10-46(11-9-24)33-6-4-26(19-31(33)40)42-32-5-7-36(48)43-38(32)50/h4,6,17-20,22,24,32,42H,5,7-16,21,23H2,1-3H3,(H,43,48,50). The van der Waals surface area contributed by atoms with Gasteiger partial charge in [0, 0.05) is 100 Å². The molecule has 5 heterocycles. The molecule has 4 aliphatic rings. The number of amides is 3. The van der Waals surface area contributed by atoms with E-state index in [2.05, 4.69) is 25.4 Å². The van der Waals surface area contributed by atoms with Crippen molar-refractivity contribution in [3.8, 4) is 22.6 Å². The number of hydrogen-bond acceptors (Lipinski definition) is 10. The number of fused-ring (bicyclic) bond motifs is 1. The average molecular weight is 744 g/mol. The molecule has 2 N–H and O–H groups in total. The third-order valence-electron chi connectivity index (χ3n) is 11.0. The number of benzene rings is 2. The summed E-state index contributed by atoms with van der Waals surface area (Å²) in [6.07, 6.45) is 6.72. The van der Waals surface area contributed by atoms with Crippen LogP contribution < -0.4 is 30.6 Å². The van der Waals surface area contributed by atoms with E-state index in [0.717, 1.165) is 72.6 Å². The zero-order valence-corrected chi connectivity index (χ0v) is 31.2. The predicted octanol–water partition coefficient (Wildman–Crippen LogP) is 3.82. The Labute approximate surface area is 313 Å². The van der Waals surface area contributed by atoms with Crippen molar-refractivity contribution in [3.63, 3.8) is 0 Å². The molecule has 3 fully saturated rings. The van der Waals surface area contributed by atoms with Crippen molar-refractivity contribution < 1.29 is 23.9 Å². The molecule has 280 valence electrons. The number of pyridine rings is 1. The molecular weight excluding hydrogens is 698 g/mol. The van der Waals surface area contributed by atoms with Gasteiger partial charge in [-0.2, -0.15) is 0 Å². The van der Waals surface area contributed by atoms with Gasteiger partial charge in [0.05, 0.1) is 37.0 Å². The van der Waals surface area contributed by atoms with E-state index in [1.54, 1.807) is 32.0 Å². The highest BCUT2D eigenvalue weighted by Crippen LogP contribution is 2.38. The molecule has 0 spiro atoms. The first-order chi connectivity index (χ1) is 25.6. The fourth-order valence-corrected chi connectivity index (χ4v) is 8.19. The first-order valence-electron chi connectivity index (χ1n) is 18.2. The van der Waals surface area contributed by atoms with Gasteiger partial charge in [-0.15, -0.1) is 0 Å². The summed E-state index contributed by atoms with van der Waals surface area (Å²) >= 11 is 6.69. The lowest BCUT2D eigenvalue weighted by Gasteiger charge is -2.37. The smallest absolute Gasteiger partial charge is 0.256 e. The number of ether oxygens (including phenoxy) is 2. The second-order valence-electron chi connectivity index (χ2n) is 14.3. The summed E-state index contributed by atoms with van der Waals surface area (Å²) in [7, 11) is 5.07. The van der Waals surface area contributed by atoms with Crippen LogP contribution in [0, 0.1) is 5.92 Å². The van der Waals surface area contributed by atoms with Gasteiger partial charge in [0.1, 0.15) is 17.5 Å². The van der Waals surface area contributed by atoms with Gasteiger partial charge in [-0.1, -0.05) is 11.6 Å². The Morgan fingerprint density at radius 1 is 0.981 bits per heavy atom. The van der Waals surface area contributed by atoms with Crippen molar-refractivity contribution in [3.05, 3.63) is 68.6 Å². The van der Waals surface area contributed by atoms with Crippen LogP contribution in [0.2, 0.25) is 5.02 Å². The molecule has 1 unspecified atom stereocenters. The minimum atomic E-state index is -0.465. The second-order valence-corrected chi connectivity index (χ2v) is 14.7. The van der Waals surface area contributed by atoms with E-state index < -0.39 is 6.04 Å². The number of piperidine rings is 2. The molecule has 4 aliphatic heterocycles. The zero-order chi connectivity index (χ0) is 37.2. The van der Waals surface area contributed by atoms with Crippen molar-refractivity contribution in [2.75, 3.05) is 63.7 Å². The predicted molar refractivity (Wildman–Crippen MR) is 204 cm³/mol. The Kier molecular flexibility index (Phi) is 10.7. The number of nitrogens with one attached hydrogen (secondary N) is 2. The van der Waals surface area contributed by atoms with E-state index in [1.807, 2.05) is 41.4 Å². The summed E-state index contributed by atoms with van der Waals surface area (Å²) in [6, 6.07) is 9.24. The minimum Gasteiger partial charge on any atom is -0.496 e. The summed E-state index contributed by atoms with van der Waals surface area (Å²) in [4.78, 5) is 60.6. The summed E-state index contributed by atoms with van der Waals surface area (Å²) in [5.41, 5.74) is 5.92. The first kappa shape index (κ1) is 36.5. The second kappa shape index (κ2) is 15.6. The van der Waals surface area contributed by atoms with Crippen molar-refractivity contribution in [1.29, 1.82) is 0 Å². The number of piperazine rings is 1. The fraction of sp³-hybridized carbons (Fsp3) is 0.462. The van der Waals surface area contributed by atoms with E-state index in [1.165, 1.54) is 0 Å². The Morgan fingerprint density at radius 3 is 2.36 bits per heavy atom. The van der Waals surface area contributed by atoms with Crippen LogP contribution in [0.15, 0.2) is 46.3 Å². The van der Waals surface area contributed by atoms with Gasteiger partial charge >= 0.3 is 0 Å². The Bertz CT molecular complexity index is 1970. The van der Waals surface area contributed by atoms with Crippen LogP contribution >= 0.6 is 11.6 Å². The average Bonchev–Trinajstić information content (AvgIpc) is 3.66. The summed E-state index contributed by atoms with van der Waals surface area (Å²) in [6.45, 7) is 5.45. The lowest BCUT2D eigenvalue weighted by Crippen LogP contribution is -2.49. The number of anilines is 2. The molecule has 3 aromatic rings. The van der Waals surface area contributed by atoms with E-state index in [0.29, 0.717) is 73.4 Å². The summed E-state index contributed by atoms with van der Waals surface area (Å²) in [5, 5.41) is 6.16. The Hall–Kier alpha value is -4.88. The Morgan fingerprint density at radius 2 is 1.70 bits per heavy atom. The molecule has 13 nitrogen and oxygen atoms in total. The van der Waals surface area contributed by atoms with Crippen LogP contribution in [-0.4, -0.2) is 97.8 Å². The third-order valence-corrected chi connectivity index (χ3v) is 11.3. The van der Waals surface area contributed by atoms with E-state index in [9.17, 15) is 19.2 Å². The van der Waals surface area contributed by atoms with Gasteiger partial charge in [0.15, 0.2) is 0 Å². The van der Waals surface area contributed by atoms with Crippen molar-refractivity contribution in [2.24, 2.45) is 18.0 Å². The quantitative estimate of drug-likeness (QED) is 0.297. The topological polar surface area (TPSA) is 138 Å². The van der Waals surface area contributed by atoms with Gasteiger partial charge in [-0.05, 0) is 61.1 Å². The monoisotopic (exact) mass is 743 g/mol. The molecule has 0 saturated carbocycles. The molecular formula is C39H46ClN7O6. The normalized spacial score (nSPS) is 19.3. The van der Waals surface area contributed by atoms with Gasteiger partial charge in [0.25, 0.3) is 5.56 Å². The molecule has 53 heavy (non-hydrogen) atoms. The highest BCUT2D eigenvalue weighted by atomic mass is 35.5. The van der Waals surface area contributed by atoms with E-state index in [4.69, 9.17) is 21.1 Å². The number of aliphatic imine (C=N–C) groups is 1. The summed E-state index contributed by atoms with van der Waals surface area (Å²) < 4.78 is 13.4. The largest absolute Gasteiger partial charge is 0.496 e. The number of rotatable bonds is 10. The van der Waals surface area contributed by atoms with E-state index >= 15 is 0 Å². The van der Waals surface area contributed by atoms with Crippen molar-refractivity contribution >= 4 is 46.9 Å². The van der Waals surface area contributed by atoms with Gasteiger partial charge in [0.2, 0.25) is 17.7 Å². The van der Waals surface area contributed by atoms with Crippen LogP contribution in [0.4, 0.5) is 11.4 Å². The number of aromatic nitrogens is 1. The lowest BCUT2D eigenvalue weighted by atomic mass is 9.92. The van der Waals surface area contributed by atoms with Crippen LogP contribution in [0.1, 0.15) is 48.8 Å². The van der Waals surface area contributed by atoms with Crippen LogP contribution in [-0.2, 0) is 34.5 Å². The molecule has 0 bridgehead atoms. The molecule has 3 saturated heterocycles. The Balaban J connectivity index is 0.907. The maximum atomic E-state index is 13.4. The van der Waals surface area contributed by atoms with Crippen LogP contribution in [0.3, 0.4) is 0 Å². The number of carbonyl (C=O) groups is 3. The highest BCUT2D eigenvalue weighted by Gasteiger charge is 2.30. The van der Waals surface area contributed by atoms with Gasteiger partial charge in [-0.3, -0.25) is 34.4 Å². The molecule has 2 aromatic carbocycles. The first-order valence-corrected chi connectivity index (χ1v) is 18.6. The number of carbonyl (C=O) groups excluding carboxylic acids is 3. The minimum absolute atomic E-state index is 0.0348. The van der Waals surface area contributed by atoms with E-state index in [-0.39, 0.29) is 23.3 Å². The lowest BCUT2D eigenvalue weighted by molar-refractivity contribution is -0.135. The third kappa shape index (κ3) is 7.77. The summed E-state index contributed by atoms with van der Waals surface area (Å²) in [5.74, 6) is 1.38. The molecule has 1 atom stereocenters. The maximum Gasteiger partial charge on any atom is 0.256 e. The van der Waals surface area contributed by atoms with Crippen molar-refractivity contribution in [1.82, 2.24) is 19.7 Å². The number of hydrogen-bond donors (Lipinski definition) is 2. The maximum absolute atomic E-state index is 13.4. The van der Waals surface area contributed by atoms with Gasteiger partial charge < -0.3 is 29.2 Å². The molecule has 0 radical (unpaired) electrons. The van der Waals surface area contributed by atoms with Crippen LogP contribution in [0.25, 0.3) is 11.1 Å². The number of imide groups is 1. The van der Waals surface area contributed by atoms with Crippen molar-refractivity contribution in [2.45, 2.75) is 51.2 Å². The number of halogens is 1. The number of nitrogens with zero attached hydrogens (tertiary/aromatic N) is 5. The zero-order valence-electron chi connectivity index (χ0n) is 30.5. The SMILES string of the molecule is COc1cc(-c2cn(C)c(=O)c3c2C=NC3)cc(OC)c1CN1CCN(C(=O)CC2CCN(c3ccc(NC4CCC(=O)NC4=O)cc3Cl)CC2)CC1. The van der Waals surface area contributed by atoms with Gasteiger partial charge in [-0.25, -0.2) is 0 Å². The number of aryl methyl sites for hydroxylation is 1. The molecule has 1 aromatic heterocycles. The molecule has 14 heteroatoms. The molecule has 3 amide bonds. The molecule has 0 aliphatic carbocycles. The van der Waals surface area contributed by atoms with Crippen LogP contribution in [0.5, 0.6) is 11.5 Å². The highest BCUT2D eigenvalue weighted by molar-refractivity contribution is 6.33. The molecule has 7 rings (SSSR count).